The van der Waals surface area contributed by atoms with Crippen molar-refractivity contribution in [3.63, 3.8) is 0 Å². The maximum absolute atomic E-state index is 11.4. The van der Waals surface area contributed by atoms with Crippen molar-refractivity contribution < 1.29 is 9.53 Å². The average molecular weight is 268 g/mol. The van der Waals surface area contributed by atoms with Gasteiger partial charge < -0.3 is 19.9 Å². The van der Waals surface area contributed by atoms with Gasteiger partial charge in [-0.05, 0) is 6.42 Å². The highest BCUT2D eigenvalue weighted by atomic mass is 16.5. The van der Waals surface area contributed by atoms with Crippen LogP contribution in [-0.4, -0.2) is 42.3 Å². The highest BCUT2D eigenvalue weighted by molar-refractivity contribution is 5.75. The van der Waals surface area contributed by atoms with Gasteiger partial charge in [0.1, 0.15) is 5.82 Å². The van der Waals surface area contributed by atoms with Crippen LogP contribution in [0.15, 0.2) is 12.4 Å². The maximum atomic E-state index is 11.4. The zero-order chi connectivity index (χ0) is 13.9. The number of hydrogen-bond donors (Lipinski definition) is 2. The van der Waals surface area contributed by atoms with E-state index in [0.717, 1.165) is 18.8 Å². The van der Waals surface area contributed by atoms with Crippen molar-refractivity contribution in [3.05, 3.63) is 18.2 Å². The quantitative estimate of drug-likeness (QED) is 0.608. The van der Waals surface area contributed by atoms with E-state index in [0.29, 0.717) is 32.7 Å². The summed E-state index contributed by atoms with van der Waals surface area (Å²) in [5.74, 6) is 1.06. The third-order valence-corrected chi connectivity index (χ3v) is 2.71. The molecule has 0 aromatic carbocycles. The second-order valence-corrected chi connectivity index (χ2v) is 4.31. The summed E-state index contributed by atoms with van der Waals surface area (Å²) in [6, 6.07) is 0. The molecule has 0 bridgehead atoms. The first-order valence-electron chi connectivity index (χ1n) is 6.74. The number of amides is 1. The first-order valence-corrected chi connectivity index (χ1v) is 6.74. The van der Waals surface area contributed by atoms with Crippen molar-refractivity contribution >= 4 is 5.91 Å². The number of carbonyl (C=O) groups is 1. The number of nitrogens with zero attached hydrogens (tertiary/aromatic N) is 2. The van der Waals surface area contributed by atoms with Crippen molar-refractivity contribution in [2.45, 2.75) is 32.9 Å². The molecule has 0 unspecified atom stereocenters. The van der Waals surface area contributed by atoms with Crippen LogP contribution >= 0.6 is 0 Å². The second kappa shape index (κ2) is 9.52. The summed E-state index contributed by atoms with van der Waals surface area (Å²) in [5.41, 5.74) is 0. The van der Waals surface area contributed by atoms with Gasteiger partial charge in [-0.25, -0.2) is 4.98 Å². The number of aromatic nitrogens is 2. The third-order valence-electron chi connectivity index (χ3n) is 2.71. The fourth-order valence-corrected chi connectivity index (χ4v) is 1.73. The number of aryl methyl sites for hydroxylation is 1. The van der Waals surface area contributed by atoms with Gasteiger partial charge in [-0.3, -0.25) is 4.79 Å². The number of methoxy groups -OCH3 is 1. The molecule has 0 aliphatic carbocycles. The molecule has 0 fully saturated rings. The molecule has 1 aromatic heterocycles. The lowest BCUT2D eigenvalue weighted by Crippen LogP contribution is -2.30. The predicted molar refractivity (Wildman–Crippen MR) is 73.7 cm³/mol. The van der Waals surface area contributed by atoms with Gasteiger partial charge in [0.15, 0.2) is 0 Å². The summed E-state index contributed by atoms with van der Waals surface area (Å²) in [6.45, 7) is 5.58. The summed E-state index contributed by atoms with van der Waals surface area (Å²) in [7, 11) is 1.62. The zero-order valence-corrected chi connectivity index (χ0v) is 11.8. The molecule has 0 aliphatic rings. The molecular weight excluding hydrogens is 244 g/mol. The Kier molecular flexibility index (Phi) is 7.84. The lowest BCUT2D eigenvalue weighted by Gasteiger charge is -2.08. The van der Waals surface area contributed by atoms with Crippen LogP contribution in [0.25, 0.3) is 0 Å². The Morgan fingerprint density at radius 3 is 3.05 bits per heavy atom. The first kappa shape index (κ1) is 15.7. The van der Waals surface area contributed by atoms with Crippen LogP contribution in [0.2, 0.25) is 0 Å². The van der Waals surface area contributed by atoms with Crippen molar-refractivity contribution in [2.24, 2.45) is 0 Å². The van der Waals surface area contributed by atoms with E-state index in [9.17, 15) is 4.79 Å². The van der Waals surface area contributed by atoms with Gasteiger partial charge >= 0.3 is 0 Å². The van der Waals surface area contributed by atoms with E-state index >= 15 is 0 Å². The van der Waals surface area contributed by atoms with Gasteiger partial charge in [-0.1, -0.05) is 6.92 Å². The fourth-order valence-electron chi connectivity index (χ4n) is 1.73. The van der Waals surface area contributed by atoms with E-state index in [2.05, 4.69) is 27.1 Å². The smallest absolute Gasteiger partial charge is 0.221 e. The summed E-state index contributed by atoms with van der Waals surface area (Å²) in [5, 5.41) is 6.02. The number of imidazole rings is 1. The molecule has 6 heteroatoms. The van der Waals surface area contributed by atoms with Crippen LogP contribution in [0.4, 0.5) is 0 Å². The van der Waals surface area contributed by atoms with Crippen LogP contribution in [0.3, 0.4) is 0 Å². The molecule has 0 radical (unpaired) electrons. The van der Waals surface area contributed by atoms with Gasteiger partial charge in [0.2, 0.25) is 5.91 Å². The minimum Gasteiger partial charge on any atom is -0.383 e. The van der Waals surface area contributed by atoms with Crippen molar-refractivity contribution in [1.82, 2.24) is 20.2 Å². The van der Waals surface area contributed by atoms with Gasteiger partial charge in [0, 0.05) is 45.6 Å². The monoisotopic (exact) mass is 268 g/mol. The zero-order valence-electron chi connectivity index (χ0n) is 11.8. The molecule has 19 heavy (non-hydrogen) atoms. The number of nitrogens with one attached hydrogen (secondary N) is 2. The van der Waals surface area contributed by atoms with Crippen LogP contribution in [0, 0.1) is 0 Å². The fraction of sp³-hybridized carbons (Fsp3) is 0.692. The summed E-state index contributed by atoms with van der Waals surface area (Å²) in [6.07, 6.45) is 5.35. The highest BCUT2D eigenvalue weighted by Crippen LogP contribution is 1.98. The van der Waals surface area contributed by atoms with Crippen molar-refractivity contribution in [1.29, 1.82) is 0 Å². The Hall–Kier alpha value is -1.40. The molecule has 6 nitrogen and oxygen atoms in total. The van der Waals surface area contributed by atoms with Crippen molar-refractivity contribution in [2.75, 3.05) is 26.8 Å². The molecule has 1 aromatic rings. The number of hydrogen-bond acceptors (Lipinski definition) is 4. The van der Waals surface area contributed by atoms with E-state index in [1.165, 1.54) is 0 Å². The van der Waals surface area contributed by atoms with Crippen LogP contribution in [0.1, 0.15) is 25.6 Å². The molecule has 0 saturated carbocycles. The van der Waals surface area contributed by atoms with Gasteiger partial charge in [0.25, 0.3) is 0 Å². The topological polar surface area (TPSA) is 68.2 Å². The molecule has 0 atom stereocenters. The summed E-state index contributed by atoms with van der Waals surface area (Å²) >= 11 is 0. The Morgan fingerprint density at radius 1 is 1.47 bits per heavy atom. The van der Waals surface area contributed by atoms with E-state index < -0.39 is 0 Å². The van der Waals surface area contributed by atoms with Gasteiger partial charge in [-0.15, -0.1) is 0 Å². The lowest BCUT2D eigenvalue weighted by atomic mass is 10.4. The highest BCUT2D eigenvalue weighted by Gasteiger charge is 2.03. The number of carbonyl (C=O) groups excluding carboxylic acids is 1. The predicted octanol–water partition coefficient (Wildman–Crippen LogP) is 0.535. The minimum atomic E-state index is 0.0430. The van der Waals surface area contributed by atoms with E-state index in [1.807, 2.05) is 12.4 Å². The SMILES string of the molecule is CCCn1ccnc1CNCCC(=O)NCCOC. The van der Waals surface area contributed by atoms with E-state index in [-0.39, 0.29) is 5.91 Å². The third kappa shape index (κ3) is 6.35. The molecule has 0 aliphatic heterocycles. The van der Waals surface area contributed by atoms with E-state index in [1.54, 1.807) is 7.11 Å². The number of rotatable bonds is 10. The molecule has 1 amide bonds. The van der Waals surface area contributed by atoms with Gasteiger partial charge in [0.05, 0.1) is 13.2 Å². The largest absolute Gasteiger partial charge is 0.383 e. The summed E-state index contributed by atoms with van der Waals surface area (Å²) in [4.78, 5) is 15.7. The van der Waals surface area contributed by atoms with Crippen LogP contribution in [-0.2, 0) is 22.6 Å². The Labute approximate surface area is 114 Å². The minimum absolute atomic E-state index is 0.0430. The lowest BCUT2D eigenvalue weighted by molar-refractivity contribution is -0.121. The first-order chi connectivity index (χ1) is 9.27. The molecule has 1 rings (SSSR count). The normalized spacial score (nSPS) is 10.6. The standard InChI is InChI=1S/C13H24N4O2/c1-3-8-17-9-6-15-12(17)11-14-5-4-13(18)16-7-10-19-2/h6,9,14H,3-5,7-8,10-11H2,1-2H3,(H,16,18). The average Bonchev–Trinajstić information content (AvgIpc) is 2.83. The van der Waals surface area contributed by atoms with Crippen molar-refractivity contribution in [3.8, 4) is 0 Å². The van der Waals surface area contributed by atoms with Gasteiger partial charge in [-0.2, -0.15) is 0 Å². The number of ether oxygens (including phenoxy) is 1. The van der Waals surface area contributed by atoms with Crippen LogP contribution in [0.5, 0.6) is 0 Å². The van der Waals surface area contributed by atoms with E-state index in [4.69, 9.17) is 4.74 Å². The molecular formula is C13H24N4O2. The Balaban J connectivity index is 2.13. The van der Waals surface area contributed by atoms with Crippen LogP contribution < -0.4 is 10.6 Å². The molecule has 0 saturated heterocycles. The Bertz CT molecular complexity index is 365. The molecule has 0 spiro atoms. The molecule has 108 valence electrons. The Morgan fingerprint density at radius 2 is 2.32 bits per heavy atom. The summed E-state index contributed by atoms with van der Waals surface area (Å²) < 4.78 is 6.99. The maximum Gasteiger partial charge on any atom is 0.221 e. The molecule has 1 heterocycles. The molecule has 2 N–H and O–H groups in total. The second-order valence-electron chi connectivity index (χ2n) is 4.31.